The van der Waals surface area contributed by atoms with Crippen molar-refractivity contribution in [3.8, 4) is 0 Å². The highest BCUT2D eigenvalue weighted by molar-refractivity contribution is 5.81. The highest BCUT2D eigenvalue weighted by Crippen LogP contribution is 2.40. The number of nitrogens with zero attached hydrogens (tertiary/aromatic N) is 1. The molecule has 0 spiro atoms. The van der Waals surface area contributed by atoms with Crippen LogP contribution in [0.4, 0.5) is 0 Å². The van der Waals surface area contributed by atoms with Crippen molar-refractivity contribution in [2.45, 2.75) is 52.0 Å². The van der Waals surface area contributed by atoms with Crippen LogP contribution in [-0.4, -0.2) is 29.9 Å². The predicted molar refractivity (Wildman–Crippen MR) is 69.5 cm³/mol. The van der Waals surface area contributed by atoms with Gasteiger partial charge in [0.05, 0.1) is 0 Å². The molecule has 2 rings (SSSR count). The monoisotopic (exact) mass is 238 g/mol. The lowest BCUT2D eigenvalue weighted by Crippen LogP contribution is -2.48. The van der Waals surface area contributed by atoms with E-state index in [0.29, 0.717) is 29.7 Å². The van der Waals surface area contributed by atoms with Crippen molar-refractivity contribution in [1.29, 1.82) is 0 Å². The van der Waals surface area contributed by atoms with Crippen molar-refractivity contribution in [2.75, 3.05) is 13.1 Å². The molecule has 17 heavy (non-hydrogen) atoms. The van der Waals surface area contributed by atoms with Crippen LogP contribution in [0.3, 0.4) is 0 Å². The fraction of sp³-hybridized carbons (Fsp3) is 0.929. The third-order valence-corrected chi connectivity index (χ3v) is 4.62. The molecule has 4 unspecified atom stereocenters. The van der Waals surface area contributed by atoms with Gasteiger partial charge in [0.1, 0.15) is 0 Å². The highest BCUT2D eigenvalue weighted by Gasteiger charge is 2.43. The second kappa shape index (κ2) is 5.38. The van der Waals surface area contributed by atoms with Crippen LogP contribution < -0.4 is 5.73 Å². The molecule has 0 aromatic carbocycles. The first kappa shape index (κ1) is 12.9. The molecule has 1 amide bonds. The van der Waals surface area contributed by atoms with Gasteiger partial charge in [-0.1, -0.05) is 19.8 Å². The standard InChI is InChI=1S/C14H26N2O/c1-3-16(14(17)12-8-10(12)2)13-7-5-4-6-11(13)9-15/h10-13H,3-9,15H2,1-2H3. The zero-order valence-electron chi connectivity index (χ0n) is 11.2. The summed E-state index contributed by atoms with van der Waals surface area (Å²) in [5, 5.41) is 0. The zero-order valence-corrected chi connectivity index (χ0v) is 11.2. The van der Waals surface area contributed by atoms with Crippen LogP contribution in [0.1, 0.15) is 46.0 Å². The number of amides is 1. The number of hydrogen-bond donors (Lipinski definition) is 1. The molecule has 0 heterocycles. The van der Waals surface area contributed by atoms with Gasteiger partial charge in [-0.05, 0) is 44.6 Å². The molecule has 0 aromatic rings. The molecule has 2 saturated carbocycles. The molecule has 4 atom stereocenters. The Hall–Kier alpha value is -0.570. The van der Waals surface area contributed by atoms with Gasteiger partial charge in [0.25, 0.3) is 0 Å². The molecule has 2 fully saturated rings. The summed E-state index contributed by atoms with van der Waals surface area (Å²) < 4.78 is 0. The van der Waals surface area contributed by atoms with E-state index in [1.165, 1.54) is 19.3 Å². The van der Waals surface area contributed by atoms with E-state index in [0.717, 1.165) is 25.9 Å². The second-order valence-electron chi connectivity index (χ2n) is 5.79. The van der Waals surface area contributed by atoms with Crippen molar-refractivity contribution in [1.82, 2.24) is 4.90 Å². The molecule has 2 aliphatic carbocycles. The highest BCUT2D eigenvalue weighted by atomic mass is 16.2. The first-order valence-corrected chi connectivity index (χ1v) is 7.19. The summed E-state index contributed by atoms with van der Waals surface area (Å²) in [6.07, 6.45) is 5.98. The Balaban J connectivity index is 2.02. The van der Waals surface area contributed by atoms with Crippen molar-refractivity contribution in [3.05, 3.63) is 0 Å². The lowest BCUT2D eigenvalue weighted by atomic mass is 9.83. The Kier molecular flexibility index (Phi) is 4.08. The maximum atomic E-state index is 12.4. The van der Waals surface area contributed by atoms with Crippen molar-refractivity contribution < 1.29 is 4.79 Å². The molecule has 0 saturated heterocycles. The van der Waals surface area contributed by atoms with Gasteiger partial charge in [-0.3, -0.25) is 4.79 Å². The van der Waals surface area contributed by atoms with Crippen molar-refractivity contribution in [3.63, 3.8) is 0 Å². The molecule has 0 bridgehead atoms. The first-order valence-electron chi connectivity index (χ1n) is 7.19. The van der Waals surface area contributed by atoms with Crippen LogP contribution in [0.2, 0.25) is 0 Å². The van der Waals surface area contributed by atoms with Gasteiger partial charge in [0.2, 0.25) is 5.91 Å². The van der Waals surface area contributed by atoms with E-state index >= 15 is 0 Å². The van der Waals surface area contributed by atoms with E-state index < -0.39 is 0 Å². The van der Waals surface area contributed by atoms with E-state index in [-0.39, 0.29) is 0 Å². The molecule has 2 aliphatic rings. The number of carbonyl (C=O) groups is 1. The quantitative estimate of drug-likeness (QED) is 0.814. The Morgan fingerprint density at radius 3 is 2.53 bits per heavy atom. The summed E-state index contributed by atoms with van der Waals surface area (Å²) in [6.45, 7) is 5.86. The average Bonchev–Trinajstić information content (AvgIpc) is 3.08. The van der Waals surface area contributed by atoms with Crippen LogP contribution in [0, 0.1) is 17.8 Å². The maximum Gasteiger partial charge on any atom is 0.226 e. The van der Waals surface area contributed by atoms with E-state index in [4.69, 9.17) is 5.73 Å². The molecule has 3 nitrogen and oxygen atoms in total. The van der Waals surface area contributed by atoms with E-state index in [1.807, 2.05) is 0 Å². The topological polar surface area (TPSA) is 46.3 Å². The Morgan fingerprint density at radius 2 is 2.00 bits per heavy atom. The van der Waals surface area contributed by atoms with E-state index in [2.05, 4.69) is 18.7 Å². The Labute approximate surface area is 105 Å². The van der Waals surface area contributed by atoms with Crippen LogP contribution >= 0.6 is 0 Å². The fourth-order valence-corrected chi connectivity index (χ4v) is 3.31. The average molecular weight is 238 g/mol. The SMILES string of the molecule is CCN(C(=O)C1CC1C)C1CCCCC1CN. The summed E-state index contributed by atoms with van der Waals surface area (Å²) in [4.78, 5) is 14.5. The minimum absolute atomic E-state index is 0.315. The molecule has 98 valence electrons. The molecule has 2 N–H and O–H groups in total. The normalized spacial score (nSPS) is 36.6. The number of carbonyl (C=O) groups excluding carboxylic acids is 1. The zero-order chi connectivity index (χ0) is 12.4. The van der Waals surface area contributed by atoms with Gasteiger partial charge in [-0.25, -0.2) is 0 Å². The van der Waals surface area contributed by atoms with Gasteiger partial charge in [0, 0.05) is 18.5 Å². The van der Waals surface area contributed by atoms with E-state index in [9.17, 15) is 4.79 Å². The minimum Gasteiger partial charge on any atom is -0.339 e. The molecule has 3 heteroatoms. The van der Waals surface area contributed by atoms with Crippen LogP contribution in [0.15, 0.2) is 0 Å². The second-order valence-corrected chi connectivity index (χ2v) is 5.79. The largest absolute Gasteiger partial charge is 0.339 e. The molecule has 0 aromatic heterocycles. The summed E-state index contributed by atoms with van der Waals surface area (Å²) >= 11 is 0. The lowest BCUT2D eigenvalue weighted by Gasteiger charge is -2.39. The Bertz CT molecular complexity index is 279. The number of hydrogen-bond acceptors (Lipinski definition) is 2. The third-order valence-electron chi connectivity index (χ3n) is 4.62. The molecule has 0 radical (unpaired) electrons. The van der Waals surface area contributed by atoms with Gasteiger partial charge in [0.15, 0.2) is 0 Å². The summed E-state index contributed by atoms with van der Waals surface area (Å²) in [7, 11) is 0. The number of nitrogens with two attached hydrogens (primary N) is 1. The van der Waals surface area contributed by atoms with Gasteiger partial charge in [-0.15, -0.1) is 0 Å². The number of rotatable bonds is 4. The summed E-state index contributed by atoms with van der Waals surface area (Å²) in [5.74, 6) is 1.85. The summed E-state index contributed by atoms with van der Waals surface area (Å²) in [6, 6.07) is 0.416. The third kappa shape index (κ3) is 2.65. The van der Waals surface area contributed by atoms with Gasteiger partial charge < -0.3 is 10.6 Å². The van der Waals surface area contributed by atoms with Crippen LogP contribution in [0.25, 0.3) is 0 Å². The Morgan fingerprint density at radius 1 is 1.35 bits per heavy atom. The van der Waals surface area contributed by atoms with Crippen molar-refractivity contribution >= 4 is 5.91 Å². The van der Waals surface area contributed by atoms with Crippen molar-refractivity contribution in [2.24, 2.45) is 23.5 Å². The molecular weight excluding hydrogens is 212 g/mol. The van der Waals surface area contributed by atoms with Gasteiger partial charge >= 0.3 is 0 Å². The van der Waals surface area contributed by atoms with Crippen LogP contribution in [0.5, 0.6) is 0 Å². The maximum absolute atomic E-state index is 12.4. The molecule has 0 aliphatic heterocycles. The smallest absolute Gasteiger partial charge is 0.226 e. The lowest BCUT2D eigenvalue weighted by molar-refractivity contribution is -0.136. The predicted octanol–water partition coefficient (Wildman–Crippen LogP) is 2.01. The minimum atomic E-state index is 0.315. The summed E-state index contributed by atoms with van der Waals surface area (Å²) in [5.41, 5.74) is 5.87. The first-order chi connectivity index (χ1) is 8.19. The van der Waals surface area contributed by atoms with E-state index in [1.54, 1.807) is 0 Å². The molecular formula is C14H26N2O. The van der Waals surface area contributed by atoms with Crippen LogP contribution in [-0.2, 0) is 4.79 Å². The fourth-order valence-electron chi connectivity index (χ4n) is 3.31. The van der Waals surface area contributed by atoms with Gasteiger partial charge in [-0.2, -0.15) is 0 Å².